The molecule has 0 aliphatic rings. The minimum absolute atomic E-state index is 0.266. The molecule has 0 aromatic heterocycles. The molecule has 0 spiro atoms. The lowest BCUT2D eigenvalue weighted by atomic mass is 10.4. The first-order valence-electron chi connectivity index (χ1n) is 3.54. The summed E-state index contributed by atoms with van der Waals surface area (Å²) in [6.45, 7) is 3.67. The van der Waals surface area contributed by atoms with Crippen molar-refractivity contribution >= 4 is 5.97 Å². The van der Waals surface area contributed by atoms with E-state index in [9.17, 15) is 4.79 Å². The molecule has 0 saturated heterocycles. The van der Waals surface area contributed by atoms with E-state index in [1.807, 2.05) is 6.92 Å². The number of rotatable bonds is 2. The molecule has 2 heteroatoms. The molecule has 0 unspecified atom stereocenters. The van der Waals surface area contributed by atoms with Crippen LogP contribution in [0, 0.1) is 11.8 Å². The van der Waals surface area contributed by atoms with Crippen LogP contribution in [0.4, 0.5) is 0 Å². The van der Waals surface area contributed by atoms with Crippen LogP contribution in [0.2, 0.25) is 0 Å². The summed E-state index contributed by atoms with van der Waals surface area (Å²) in [7, 11) is 0. The lowest BCUT2D eigenvalue weighted by Crippen LogP contribution is -1.96. The van der Waals surface area contributed by atoms with E-state index in [1.54, 1.807) is 12.2 Å². The highest BCUT2D eigenvalue weighted by Gasteiger charge is 1.84. The van der Waals surface area contributed by atoms with Gasteiger partial charge in [0.05, 0.1) is 0 Å². The summed E-state index contributed by atoms with van der Waals surface area (Å²) in [6, 6.07) is 0. The van der Waals surface area contributed by atoms with Crippen molar-refractivity contribution in [2.24, 2.45) is 0 Å². The second kappa shape index (κ2) is 6.88. The standard InChI is InChI=1S/C9H12O2/c1-3-4-5-6-7-8-11-9(2)10/h6-7H,3,8H2,1-2H3/b7-6+. The lowest BCUT2D eigenvalue weighted by molar-refractivity contribution is -0.139. The first-order chi connectivity index (χ1) is 5.27. The molecule has 0 radical (unpaired) electrons. The van der Waals surface area contributed by atoms with Crippen molar-refractivity contribution in [1.82, 2.24) is 0 Å². The quantitative estimate of drug-likeness (QED) is 0.443. The summed E-state index contributed by atoms with van der Waals surface area (Å²) in [6.07, 6.45) is 4.24. The van der Waals surface area contributed by atoms with Crippen molar-refractivity contribution in [3.8, 4) is 11.8 Å². The second-order valence-electron chi connectivity index (χ2n) is 1.88. The average molecular weight is 152 g/mol. The molecule has 0 amide bonds. The number of hydrogen-bond acceptors (Lipinski definition) is 2. The molecule has 11 heavy (non-hydrogen) atoms. The van der Waals surface area contributed by atoms with E-state index in [0.29, 0.717) is 6.61 Å². The van der Waals surface area contributed by atoms with Crippen LogP contribution in [0.5, 0.6) is 0 Å². The van der Waals surface area contributed by atoms with Gasteiger partial charge in [0.25, 0.3) is 0 Å². The Hall–Kier alpha value is -1.23. The molecule has 2 nitrogen and oxygen atoms in total. The zero-order valence-corrected chi connectivity index (χ0v) is 6.89. The minimum Gasteiger partial charge on any atom is -0.462 e. The zero-order valence-electron chi connectivity index (χ0n) is 6.89. The van der Waals surface area contributed by atoms with Gasteiger partial charge in [-0.1, -0.05) is 18.8 Å². The van der Waals surface area contributed by atoms with Crippen molar-refractivity contribution in [3.05, 3.63) is 12.2 Å². The number of allylic oxidation sites excluding steroid dienone is 1. The molecule has 0 aromatic rings. The number of carbonyl (C=O) groups excluding carboxylic acids is 1. The average Bonchev–Trinajstić information content (AvgIpc) is 1.96. The first-order valence-corrected chi connectivity index (χ1v) is 3.54. The molecule has 60 valence electrons. The maximum absolute atomic E-state index is 10.2. The number of carbonyl (C=O) groups is 1. The van der Waals surface area contributed by atoms with E-state index in [-0.39, 0.29) is 5.97 Å². The fourth-order valence-corrected chi connectivity index (χ4v) is 0.433. The van der Waals surface area contributed by atoms with Crippen molar-refractivity contribution in [2.75, 3.05) is 6.61 Å². The molecule has 0 N–H and O–H groups in total. The Morgan fingerprint density at radius 3 is 2.91 bits per heavy atom. The smallest absolute Gasteiger partial charge is 0.302 e. The monoisotopic (exact) mass is 152 g/mol. The Morgan fingerprint density at radius 2 is 2.36 bits per heavy atom. The van der Waals surface area contributed by atoms with E-state index in [1.165, 1.54) is 6.92 Å². The molecular weight excluding hydrogens is 140 g/mol. The number of hydrogen-bond donors (Lipinski definition) is 0. The largest absolute Gasteiger partial charge is 0.462 e. The molecule has 0 rings (SSSR count). The van der Waals surface area contributed by atoms with Gasteiger partial charge in [-0.3, -0.25) is 4.79 Å². The number of ether oxygens (including phenoxy) is 1. The Kier molecular flexibility index (Phi) is 6.11. The van der Waals surface area contributed by atoms with Crippen LogP contribution < -0.4 is 0 Å². The Balaban J connectivity index is 3.37. The summed E-state index contributed by atoms with van der Waals surface area (Å²) in [5, 5.41) is 0. The van der Waals surface area contributed by atoms with E-state index >= 15 is 0 Å². The van der Waals surface area contributed by atoms with Crippen LogP contribution >= 0.6 is 0 Å². The molecule has 0 atom stereocenters. The molecule has 0 fully saturated rings. The van der Waals surface area contributed by atoms with Crippen molar-refractivity contribution in [2.45, 2.75) is 20.3 Å². The summed E-state index contributed by atoms with van der Waals surface area (Å²) < 4.78 is 4.63. The minimum atomic E-state index is -0.266. The van der Waals surface area contributed by atoms with Gasteiger partial charge in [-0.2, -0.15) is 0 Å². The van der Waals surface area contributed by atoms with Gasteiger partial charge in [0.15, 0.2) is 0 Å². The van der Waals surface area contributed by atoms with Crippen molar-refractivity contribution < 1.29 is 9.53 Å². The van der Waals surface area contributed by atoms with E-state index in [4.69, 9.17) is 0 Å². The van der Waals surface area contributed by atoms with Crippen LogP contribution in [-0.4, -0.2) is 12.6 Å². The highest BCUT2D eigenvalue weighted by Crippen LogP contribution is 1.78. The van der Waals surface area contributed by atoms with Crippen LogP contribution in [0.15, 0.2) is 12.2 Å². The third-order valence-electron chi connectivity index (χ3n) is 0.863. The zero-order chi connectivity index (χ0) is 8.53. The third kappa shape index (κ3) is 8.77. The highest BCUT2D eigenvalue weighted by atomic mass is 16.5. The van der Waals surface area contributed by atoms with Gasteiger partial charge < -0.3 is 4.74 Å². The topological polar surface area (TPSA) is 26.3 Å². The Bertz CT molecular complexity index is 193. The molecule has 0 aliphatic heterocycles. The SMILES string of the molecule is CCC#C/C=C/COC(C)=O. The predicted molar refractivity (Wildman–Crippen MR) is 43.8 cm³/mol. The molecule has 0 bridgehead atoms. The second-order valence-corrected chi connectivity index (χ2v) is 1.88. The summed E-state index contributed by atoms with van der Waals surface area (Å²) in [5.74, 6) is 5.38. The van der Waals surface area contributed by atoms with E-state index in [0.717, 1.165) is 6.42 Å². The molecule has 0 aliphatic carbocycles. The molecule has 0 aromatic carbocycles. The maximum Gasteiger partial charge on any atom is 0.302 e. The summed E-state index contributed by atoms with van der Waals surface area (Å²) >= 11 is 0. The van der Waals surface area contributed by atoms with Crippen LogP contribution in [0.3, 0.4) is 0 Å². The van der Waals surface area contributed by atoms with Gasteiger partial charge in [-0.25, -0.2) is 0 Å². The molecule has 0 saturated carbocycles. The Labute approximate surface area is 67.2 Å². The normalized spacial score (nSPS) is 8.91. The lowest BCUT2D eigenvalue weighted by Gasteiger charge is -1.91. The predicted octanol–water partition coefficient (Wildman–Crippen LogP) is 1.52. The molecule has 0 heterocycles. The number of esters is 1. The summed E-state index contributed by atoms with van der Waals surface area (Å²) in [4.78, 5) is 10.2. The van der Waals surface area contributed by atoms with Gasteiger partial charge >= 0.3 is 5.97 Å². The van der Waals surface area contributed by atoms with Gasteiger partial charge in [-0.15, -0.1) is 0 Å². The van der Waals surface area contributed by atoms with Gasteiger partial charge in [0, 0.05) is 13.3 Å². The summed E-state index contributed by atoms with van der Waals surface area (Å²) in [5.41, 5.74) is 0. The van der Waals surface area contributed by atoms with Gasteiger partial charge in [0.1, 0.15) is 6.61 Å². The Morgan fingerprint density at radius 1 is 1.64 bits per heavy atom. The van der Waals surface area contributed by atoms with E-state index in [2.05, 4.69) is 16.6 Å². The van der Waals surface area contributed by atoms with Crippen molar-refractivity contribution in [3.63, 3.8) is 0 Å². The first kappa shape index (κ1) is 9.77. The van der Waals surface area contributed by atoms with Crippen molar-refractivity contribution in [1.29, 1.82) is 0 Å². The van der Waals surface area contributed by atoms with Crippen LogP contribution in [0.1, 0.15) is 20.3 Å². The maximum atomic E-state index is 10.2. The van der Waals surface area contributed by atoms with E-state index < -0.39 is 0 Å². The highest BCUT2D eigenvalue weighted by molar-refractivity contribution is 5.65. The van der Waals surface area contributed by atoms with Gasteiger partial charge in [-0.05, 0) is 12.2 Å². The third-order valence-corrected chi connectivity index (χ3v) is 0.863. The fourth-order valence-electron chi connectivity index (χ4n) is 0.433. The molecular formula is C9H12O2. The van der Waals surface area contributed by atoms with Gasteiger partial charge in [0.2, 0.25) is 0 Å². The van der Waals surface area contributed by atoms with Crippen LogP contribution in [0.25, 0.3) is 0 Å². The fraction of sp³-hybridized carbons (Fsp3) is 0.444. The van der Waals surface area contributed by atoms with Crippen LogP contribution in [-0.2, 0) is 9.53 Å².